The minimum atomic E-state index is -3.62. The van der Waals surface area contributed by atoms with Crippen molar-refractivity contribution in [2.24, 2.45) is 11.1 Å². The average Bonchev–Trinajstić information content (AvgIpc) is 3.23. The summed E-state index contributed by atoms with van der Waals surface area (Å²) >= 11 is 0. The summed E-state index contributed by atoms with van der Waals surface area (Å²) in [6.45, 7) is 16.2. The topological polar surface area (TPSA) is 155 Å². The van der Waals surface area contributed by atoms with Crippen molar-refractivity contribution in [2.75, 3.05) is 35.0 Å². The molecule has 0 unspecified atom stereocenters. The first-order valence-corrected chi connectivity index (χ1v) is 15.6. The number of aryl methyl sites for hydroxylation is 1. The van der Waals surface area contributed by atoms with Crippen LogP contribution in [-0.2, 0) is 20.2 Å². The number of amides is 2. The van der Waals surface area contributed by atoms with Crippen molar-refractivity contribution in [3.05, 3.63) is 58.4 Å². The zero-order valence-electron chi connectivity index (χ0n) is 26.1. The third-order valence-electron chi connectivity index (χ3n) is 7.30. The van der Waals surface area contributed by atoms with Gasteiger partial charge in [0.25, 0.3) is 11.8 Å². The number of sulfonamides is 1. The first kappa shape index (κ1) is 32.7. The van der Waals surface area contributed by atoms with E-state index in [1.807, 2.05) is 55.4 Å². The van der Waals surface area contributed by atoms with E-state index in [2.05, 4.69) is 20.8 Å². The molecule has 2 aromatic carbocycles. The summed E-state index contributed by atoms with van der Waals surface area (Å²) in [7, 11) is -2.21. The summed E-state index contributed by atoms with van der Waals surface area (Å²) < 4.78 is 32.1. The van der Waals surface area contributed by atoms with Gasteiger partial charge in [-0.15, -0.1) is 0 Å². The lowest BCUT2D eigenvalue weighted by molar-refractivity contribution is -0.118. The van der Waals surface area contributed by atoms with Gasteiger partial charge in [-0.25, -0.2) is 13.8 Å². The molecule has 1 atom stereocenters. The van der Waals surface area contributed by atoms with E-state index < -0.39 is 15.9 Å². The van der Waals surface area contributed by atoms with Crippen molar-refractivity contribution in [1.29, 1.82) is 0 Å². The summed E-state index contributed by atoms with van der Waals surface area (Å²) in [4.78, 5) is 26.5. The number of ether oxygens (including phenoxy) is 1. The van der Waals surface area contributed by atoms with Gasteiger partial charge < -0.3 is 21.1 Å². The van der Waals surface area contributed by atoms with Crippen molar-refractivity contribution >= 4 is 38.9 Å². The number of methoxy groups -OCH3 is 1. The Labute approximate surface area is 249 Å². The fourth-order valence-corrected chi connectivity index (χ4v) is 4.77. The molecule has 1 aliphatic rings. The first-order chi connectivity index (χ1) is 19.2. The molecule has 0 fully saturated rings. The van der Waals surface area contributed by atoms with Crippen molar-refractivity contribution in [1.82, 2.24) is 10.7 Å². The Balaban J connectivity index is 1.96. The van der Waals surface area contributed by atoms with E-state index in [0.29, 0.717) is 22.5 Å². The molecule has 1 aliphatic heterocycles. The molecule has 11 nitrogen and oxygen atoms in total. The highest BCUT2D eigenvalue weighted by atomic mass is 32.2. The number of nitrogens with one attached hydrogen (secondary N) is 4. The number of hydrogen-bond donors (Lipinski definition) is 5. The van der Waals surface area contributed by atoms with Crippen LogP contribution in [0.1, 0.15) is 70.0 Å². The molecule has 6 N–H and O–H groups in total. The molecule has 0 aromatic heterocycles. The molecule has 12 heteroatoms. The van der Waals surface area contributed by atoms with E-state index in [4.69, 9.17) is 10.5 Å². The number of carbonyl (C=O) groups excluding carboxylic acids is 2. The Morgan fingerprint density at radius 1 is 1.05 bits per heavy atom. The normalized spacial score (nSPS) is 15.0. The van der Waals surface area contributed by atoms with Crippen LogP contribution in [0.2, 0.25) is 0 Å². The smallest absolute Gasteiger partial charge is 0.255 e. The molecule has 0 aliphatic carbocycles. The van der Waals surface area contributed by atoms with Gasteiger partial charge in [0.15, 0.2) is 5.75 Å². The quantitative estimate of drug-likeness (QED) is 0.305. The lowest BCUT2D eigenvalue weighted by atomic mass is 9.86. The van der Waals surface area contributed by atoms with Gasteiger partial charge in [0.05, 0.1) is 36.0 Å². The Morgan fingerprint density at radius 3 is 2.21 bits per heavy atom. The van der Waals surface area contributed by atoms with E-state index in [1.54, 1.807) is 35.3 Å². The number of hydrazine groups is 1. The fourth-order valence-electron chi connectivity index (χ4n) is 4.22. The average molecular weight is 601 g/mol. The molecule has 0 saturated heterocycles. The second kappa shape index (κ2) is 11.8. The van der Waals surface area contributed by atoms with Crippen LogP contribution in [0.5, 0.6) is 5.75 Å². The largest absolute Gasteiger partial charge is 0.492 e. The standard InChI is InChI=1S/C30H44N6O5S/c1-17-11-12-19(13-24(17)36-26(31)21(16-32-36)28(38)33-18(2)29(3,4)5)27(37)34-22-14-20(30(6,7)8)15-23(25(22)41-9)35-42(10,39)40/h11-15,18,32,35H,16,31H2,1-10H3,(H,33,38)(H,34,37)/t18-/m0/s1. The SMILES string of the molecule is COc1c(NC(=O)c2ccc(C)c(N3NCC(C(=O)N[C@@H](C)C(C)(C)C)=C3N)c2)cc(C(C)(C)C)cc1NS(C)(=O)=O. The van der Waals surface area contributed by atoms with E-state index in [-0.39, 0.29) is 46.6 Å². The van der Waals surface area contributed by atoms with Crippen molar-refractivity contribution in [3.8, 4) is 5.75 Å². The van der Waals surface area contributed by atoms with Gasteiger partial charge in [0, 0.05) is 18.2 Å². The van der Waals surface area contributed by atoms with E-state index in [0.717, 1.165) is 17.4 Å². The molecule has 0 bridgehead atoms. The molecule has 0 radical (unpaired) electrons. The molecule has 2 aromatic rings. The first-order valence-electron chi connectivity index (χ1n) is 13.7. The predicted molar refractivity (Wildman–Crippen MR) is 168 cm³/mol. The monoisotopic (exact) mass is 600 g/mol. The Hall–Kier alpha value is -3.77. The minimum Gasteiger partial charge on any atom is -0.492 e. The molecule has 42 heavy (non-hydrogen) atoms. The molecule has 0 spiro atoms. The molecule has 3 rings (SSSR count). The third-order valence-corrected chi connectivity index (χ3v) is 7.89. The number of nitrogens with two attached hydrogens (primary N) is 1. The van der Waals surface area contributed by atoms with Crippen LogP contribution >= 0.6 is 0 Å². The Morgan fingerprint density at radius 2 is 1.67 bits per heavy atom. The van der Waals surface area contributed by atoms with E-state index >= 15 is 0 Å². The Bertz CT molecular complexity index is 1520. The highest BCUT2D eigenvalue weighted by Gasteiger charge is 2.30. The number of rotatable bonds is 8. The predicted octanol–water partition coefficient (Wildman–Crippen LogP) is 3.97. The summed E-state index contributed by atoms with van der Waals surface area (Å²) in [5.41, 5.74) is 12.6. The highest BCUT2D eigenvalue weighted by molar-refractivity contribution is 7.92. The molecular weight excluding hydrogens is 556 g/mol. The summed E-state index contributed by atoms with van der Waals surface area (Å²) in [6.07, 6.45) is 1.05. The highest BCUT2D eigenvalue weighted by Crippen LogP contribution is 2.39. The number of hydrogen-bond acceptors (Lipinski definition) is 8. The van der Waals surface area contributed by atoms with Gasteiger partial charge in [0.2, 0.25) is 10.0 Å². The van der Waals surface area contributed by atoms with Gasteiger partial charge in [-0.1, -0.05) is 47.6 Å². The maximum absolute atomic E-state index is 13.5. The van der Waals surface area contributed by atoms with Crippen LogP contribution < -0.4 is 36.3 Å². The van der Waals surface area contributed by atoms with Gasteiger partial charge >= 0.3 is 0 Å². The second-order valence-corrected chi connectivity index (χ2v) is 14.5. The lowest BCUT2D eigenvalue weighted by Gasteiger charge is -2.28. The van der Waals surface area contributed by atoms with Crippen LogP contribution in [-0.4, -0.2) is 46.2 Å². The van der Waals surface area contributed by atoms with Gasteiger partial charge in [0.1, 0.15) is 5.82 Å². The number of nitrogens with zero attached hydrogens (tertiary/aromatic N) is 1. The molecule has 1 heterocycles. The van der Waals surface area contributed by atoms with Gasteiger partial charge in [-0.05, 0) is 60.1 Å². The summed E-state index contributed by atoms with van der Waals surface area (Å²) in [5.74, 6) is -0.251. The lowest BCUT2D eigenvalue weighted by Crippen LogP contribution is -2.42. The van der Waals surface area contributed by atoms with Crippen molar-refractivity contribution < 1.29 is 22.7 Å². The van der Waals surface area contributed by atoms with Crippen LogP contribution in [0.25, 0.3) is 0 Å². The maximum Gasteiger partial charge on any atom is 0.255 e. The van der Waals surface area contributed by atoms with Crippen LogP contribution in [0.3, 0.4) is 0 Å². The Kier molecular flexibility index (Phi) is 9.23. The van der Waals surface area contributed by atoms with Crippen LogP contribution in [0.4, 0.5) is 17.1 Å². The number of anilines is 3. The molecule has 230 valence electrons. The second-order valence-electron chi connectivity index (χ2n) is 12.8. The van der Waals surface area contributed by atoms with Crippen molar-refractivity contribution in [3.63, 3.8) is 0 Å². The number of benzene rings is 2. The molecule has 2 amide bonds. The summed E-state index contributed by atoms with van der Waals surface area (Å²) in [5, 5.41) is 7.51. The molecular formula is C30H44N6O5S. The fraction of sp³-hybridized carbons (Fsp3) is 0.467. The van der Waals surface area contributed by atoms with E-state index in [1.165, 1.54) is 7.11 Å². The van der Waals surface area contributed by atoms with Gasteiger partial charge in [-0.3, -0.25) is 19.3 Å². The maximum atomic E-state index is 13.5. The zero-order valence-corrected chi connectivity index (χ0v) is 27.0. The minimum absolute atomic E-state index is 0.0740. The van der Waals surface area contributed by atoms with Crippen molar-refractivity contribution in [2.45, 2.75) is 66.8 Å². The zero-order chi connectivity index (χ0) is 31.8. The van der Waals surface area contributed by atoms with Crippen LogP contribution in [0.15, 0.2) is 41.7 Å². The van der Waals surface area contributed by atoms with E-state index in [9.17, 15) is 18.0 Å². The third kappa shape index (κ3) is 7.54. The molecule has 0 saturated carbocycles. The summed E-state index contributed by atoms with van der Waals surface area (Å²) in [6, 6.07) is 8.54. The number of carbonyl (C=O) groups is 2. The van der Waals surface area contributed by atoms with Gasteiger partial charge in [-0.2, -0.15) is 0 Å². The van der Waals surface area contributed by atoms with Crippen LogP contribution in [0, 0.1) is 12.3 Å².